The maximum Gasteiger partial charge on any atom is 0.220 e. The van der Waals surface area contributed by atoms with Crippen molar-refractivity contribution in [2.24, 2.45) is 21.6 Å². The summed E-state index contributed by atoms with van der Waals surface area (Å²) in [5.74, 6) is 0.768. The van der Waals surface area contributed by atoms with Gasteiger partial charge in [-0.25, -0.2) is 9.30 Å². The maximum absolute atomic E-state index is 11.3. The third kappa shape index (κ3) is 7.62. The molecule has 0 aliphatic carbocycles. The lowest BCUT2D eigenvalue weighted by molar-refractivity contribution is -0.122. The number of halogens is 2. The lowest BCUT2D eigenvalue weighted by atomic mass is 9.48. The zero-order valence-electron chi connectivity index (χ0n) is 24.3. The van der Waals surface area contributed by atoms with E-state index in [-0.39, 0.29) is 11.8 Å². The van der Waals surface area contributed by atoms with Crippen LogP contribution in [0.5, 0.6) is 0 Å². The Morgan fingerprint density at radius 2 is 1.76 bits per heavy atom. The highest BCUT2D eigenvalue weighted by Gasteiger charge is 2.36. The van der Waals surface area contributed by atoms with Crippen molar-refractivity contribution in [3.8, 4) is 0 Å². The quantitative estimate of drug-likeness (QED) is 0.299. The first-order chi connectivity index (χ1) is 20.2. The molecule has 0 aromatic heterocycles. The zero-order chi connectivity index (χ0) is 29.8. The number of guanidine groups is 1. The second-order valence-electron chi connectivity index (χ2n) is 11.4. The molecular formula is C31H37BCl2N6OS. The van der Waals surface area contributed by atoms with Gasteiger partial charge in [0.15, 0.2) is 6.71 Å². The fourth-order valence-electron chi connectivity index (χ4n) is 5.56. The summed E-state index contributed by atoms with van der Waals surface area (Å²) >= 11 is 14.1. The van der Waals surface area contributed by atoms with Crippen molar-refractivity contribution >= 4 is 71.1 Å². The summed E-state index contributed by atoms with van der Waals surface area (Å²) in [5.41, 5.74) is 10.3. The number of hydrogen-bond donors (Lipinski definition) is 1. The number of anilines is 1. The number of benzene rings is 2. The number of hydrogen-bond acceptors (Lipinski definition) is 7. The van der Waals surface area contributed by atoms with Crippen LogP contribution in [0.15, 0.2) is 69.8 Å². The number of nitrogens with two attached hydrogens (primary N) is 1. The number of allylic oxidation sites excluding steroid dienone is 1. The van der Waals surface area contributed by atoms with Crippen LogP contribution in [0.2, 0.25) is 23.2 Å². The third-order valence-electron chi connectivity index (χ3n) is 7.92. The van der Waals surface area contributed by atoms with Gasteiger partial charge in [0.05, 0.1) is 6.54 Å². The van der Waals surface area contributed by atoms with Crippen LogP contribution in [-0.4, -0.2) is 66.1 Å². The number of aliphatic imine (C=N–C) groups is 2. The van der Waals surface area contributed by atoms with Gasteiger partial charge in [-0.1, -0.05) is 59.9 Å². The highest BCUT2D eigenvalue weighted by atomic mass is 35.5. The normalized spacial score (nSPS) is 20.8. The van der Waals surface area contributed by atoms with Crippen LogP contribution in [0.4, 0.5) is 5.69 Å². The van der Waals surface area contributed by atoms with E-state index in [9.17, 15) is 4.79 Å². The number of piperidine rings is 1. The summed E-state index contributed by atoms with van der Waals surface area (Å²) in [7, 11) is 0. The van der Waals surface area contributed by atoms with E-state index in [1.54, 1.807) is 18.0 Å². The number of primary amides is 1. The summed E-state index contributed by atoms with van der Waals surface area (Å²) < 4.78 is 2.31. The number of amides is 1. The SMILES string of the molecule is CB1C=NC=C(c2ccc(C)cc2)C1.CC1CN(c2cc(Cl)cc(Cl)c2)C2=NC=C(SN3CCC(C(N)=O)CC3)CN21. The Labute approximate surface area is 263 Å². The molecular weight excluding hydrogens is 586 g/mol. The van der Waals surface area contributed by atoms with Gasteiger partial charge in [0.1, 0.15) is 0 Å². The van der Waals surface area contributed by atoms with Crippen molar-refractivity contribution < 1.29 is 4.79 Å². The van der Waals surface area contributed by atoms with E-state index in [1.807, 2.05) is 30.6 Å². The monoisotopic (exact) mass is 622 g/mol. The van der Waals surface area contributed by atoms with Crippen molar-refractivity contribution in [2.45, 2.75) is 45.9 Å². The first-order valence-corrected chi connectivity index (χ1v) is 16.0. The predicted molar refractivity (Wildman–Crippen MR) is 181 cm³/mol. The average molecular weight is 623 g/mol. The Morgan fingerprint density at radius 3 is 2.40 bits per heavy atom. The third-order valence-corrected chi connectivity index (χ3v) is 9.45. The molecule has 7 nitrogen and oxygen atoms in total. The molecule has 11 heteroatoms. The molecule has 4 aliphatic rings. The van der Waals surface area contributed by atoms with Gasteiger partial charge in [-0.15, -0.1) is 0 Å². The van der Waals surface area contributed by atoms with Crippen molar-refractivity contribution in [2.75, 3.05) is 31.1 Å². The molecule has 0 saturated carbocycles. The Hall–Kier alpha value is -2.72. The highest BCUT2D eigenvalue weighted by Crippen LogP contribution is 2.35. The van der Waals surface area contributed by atoms with E-state index in [0.717, 1.165) is 57.0 Å². The number of aryl methyl sites for hydroxylation is 1. The highest BCUT2D eigenvalue weighted by molar-refractivity contribution is 8.00. The van der Waals surface area contributed by atoms with E-state index in [2.05, 4.69) is 64.0 Å². The Kier molecular flexibility index (Phi) is 10.0. The first-order valence-electron chi connectivity index (χ1n) is 14.4. The van der Waals surface area contributed by atoms with Gasteiger partial charge < -0.3 is 15.5 Å². The molecule has 2 fully saturated rings. The van der Waals surface area contributed by atoms with E-state index in [1.165, 1.54) is 21.6 Å². The maximum atomic E-state index is 11.3. The molecule has 2 saturated heterocycles. The van der Waals surface area contributed by atoms with E-state index < -0.39 is 0 Å². The van der Waals surface area contributed by atoms with Crippen LogP contribution in [-0.2, 0) is 4.79 Å². The van der Waals surface area contributed by atoms with Gasteiger partial charge in [-0.3, -0.25) is 9.79 Å². The largest absolute Gasteiger partial charge is 0.369 e. The molecule has 0 spiro atoms. The molecule has 1 amide bonds. The molecule has 42 heavy (non-hydrogen) atoms. The van der Waals surface area contributed by atoms with Crippen LogP contribution >= 0.6 is 35.1 Å². The van der Waals surface area contributed by atoms with Crippen molar-refractivity contribution in [1.82, 2.24) is 9.21 Å². The molecule has 2 aromatic rings. The van der Waals surface area contributed by atoms with E-state index >= 15 is 0 Å². The minimum Gasteiger partial charge on any atom is -0.369 e. The van der Waals surface area contributed by atoms with Gasteiger partial charge in [0.25, 0.3) is 0 Å². The summed E-state index contributed by atoms with van der Waals surface area (Å²) in [6.07, 6.45) is 8.70. The van der Waals surface area contributed by atoms with Crippen LogP contribution in [0.3, 0.4) is 0 Å². The van der Waals surface area contributed by atoms with Gasteiger partial charge >= 0.3 is 0 Å². The lowest BCUT2D eigenvalue weighted by Gasteiger charge is -2.33. The summed E-state index contributed by atoms with van der Waals surface area (Å²) in [6, 6.07) is 14.6. The molecule has 0 bridgehead atoms. The van der Waals surface area contributed by atoms with Crippen LogP contribution < -0.4 is 10.6 Å². The molecule has 0 radical (unpaired) electrons. The smallest absolute Gasteiger partial charge is 0.220 e. The van der Waals surface area contributed by atoms with Gasteiger partial charge in [-0.05, 0) is 80.4 Å². The van der Waals surface area contributed by atoms with Crippen molar-refractivity contribution in [1.29, 1.82) is 0 Å². The second kappa shape index (κ2) is 13.7. The van der Waals surface area contributed by atoms with Crippen LogP contribution in [0, 0.1) is 12.8 Å². The van der Waals surface area contributed by atoms with Crippen LogP contribution in [0.25, 0.3) is 5.57 Å². The van der Waals surface area contributed by atoms with E-state index in [4.69, 9.17) is 33.9 Å². The van der Waals surface area contributed by atoms with Crippen LogP contribution in [0.1, 0.15) is 30.9 Å². The topological polar surface area (TPSA) is 77.5 Å². The minimum absolute atomic E-state index is 0.0125. The summed E-state index contributed by atoms with van der Waals surface area (Å²) in [6.45, 7) is 10.5. The van der Waals surface area contributed by atoms with Gasteiger partial charge in [-0.2, -0.15) is 0 Å². The molecule has 2 aromatic carbocycles. The molecule has 220 valence electrons. The predicted octanol–water partition coefficient (Wildman–Crippen LogP) is 6.64. The standard InChI is InChI=1S/C19H23Cl2N5OS.C12H14BN/c1-12-10-26(16-7-14(20)6-15(21)8-16)19-23-9-17(11-25(12)19)28-24-4-2-13(3-5-24)18(22)27;1-10-3-5-11(6-4-10)12-7-13(2)9-14-8-12/h6-9,12-13H,2-5,10-11H2,1H3,(H2,22,27);3-6,8-9H,7H2,1-2H3. The van der Waals surface area contributed by atoms with Gasteiger partial charge in [0, 0.05) is 64.6 Å². The summed E-state index contributed by atoms with van der Waals surface area (Å²) in [4.78, 5) is 26.0. The summed E-state index contributed by atoms with van der Waals surface area (Å²) in [5, 5.41) is 1.24. The number of carbonyl (C=O) groups is 1. The second-order valence-corrected chi connectivity index (χ2v) is 13.5. The molecule has 6 rings (SSSR count). The first kappa shape index (κ1) is 30.7. The Balaban J connectivity index is 0.000000211. The fourth-order valence-corrected chi connectivity index (χ4v) is 7.10. The molecule has 1 unspecified atom stereocenters. The number of rotatable bonds is 5. The van der Waals surface area contributed by atoms with Crippen molar-refractivity contribution in [3.63, 3.8) is 0 Å². The molecule has 1 atom stereocenters. The number of fused-ring (bicyclic) bond motifs is 1. The molecule has 2 N–H and O–H groups in total. The Morgan fingerprint density at radius 1 is 1.07 bits per heavy atom. The lowest BCUT2D eigenvalue weighted by Crippen LogP contribution is -2.39. The molecule has 4 aliphatic heterocycles. The van der Waals surface area contributed by atoms with Crippen molar-refractivity contribution in [3.05, 3.63) is 80.9 Å². The van der Waals surface area contributed by atoms with Gasteiger partial charge in [0.2, 0.25) is 11.9 Å². The zero-order valence-corrected chi connectivity index (χ0v) is 26.7. The number of carbonyl (C=O) groups excluding carboxylic acids is 1. The average Bonchev–Trinajstić information content (AvgIpc) is 3.29. The molecule has 4 heterocycles. The number of nitrogens with zero attached hydrogens (tertiary/aromatic N) is 5. The Bertz CT molecular complexity index is 1400. The fraction of sp³-hybridized carbons (Fsp3) is 0.387. The minimum atomic E-state index is -0.178. The van der Waals surface area contributed by atoms with E-state index in [0.29, 0.717) is 22.8 Å².